The van der Waals surface area contributed by atoms with Crippen LogP contribution in [0, 0.1) is 0 Å². The van der Waals surface area contributed by atoms with Crippen molar-refractivity contribution in [3.63, 3.8) is 0 Å². The zero-order valence-corrected chi connectivity index (χ0v) is 20.4. The van der Waals surface area contributed by atoms with Crippen LogP contribution in [0.15, 0.2) is 47.4 Å². The largest absolute Gasteiger partial charge is 0.573 e. The van der Waals surface area contributed by atoms with Gasteiger partial charge in [0.15, 0.2) is 0 Å². The molecule has 1 atom stereocenters. The number of anilines is 1. The van der Waals surface area contributed by atoms with E-state index in [2.05, 4.69) is 10.1 Å². The average molecular weight is 515 g/mol. The molecule has 1 unspecified atom stereocenters. The van der Waals surface area contributed by atoms with Crippen molar-refractivity contribution in [1.29, 1.82) is 0 Å². The highest BCUT2D eigenvalue weighted by Crippen LogP contribution is 2.38. The summed E-state index contributed by atoms with van der Waals surface area (Å²) in [5, 5.41) is 12.2. The molecule has 0 aromatic heterocycles. The van der Waals surface area contributed by atoms with Crippen molar-refractivity contribution in [3.8, 4) is 5.75 Å². The summed E-state index contributed by atoms with van der Waals surface area (Å²) in [6, 6.07) is 10.6. The molecule has 34 heavy (non-hydrogen) atoms. The van der Waals surface area contributed by atoms with Gasteiger partial charge >= 0.3 is 18.4 Å². The second-order valence-corrected chi connectivity index (χ2v) is 11.2. The van der Waals surface area contributed by atoms with E-state index in [1.165, 1.54) is 41.4 Å². The molecule has 184 valence electrons. The molecule has 3 rings (SSSR count). The summed E-state index contributed by atoms with van der Waals surface area (Å²) in [7, 11) is 0. The maximum Gasteiger partial charge on any atom is 0.573 e. The molecule has 0 aliphatic heterocycles. The summed E-state index contributed by atoms with van der Waals surface area (Å²) >= 11 is 2.72. The Kier molecular flexibility index (Phi) is 7.97. The molecule has 0 saturated carbocycles. The van der Waals surface area contributed by atoms with Crippen molar-refractivity contribution >= 4 is 41.4 Å². The highest BCUT2D eigenvalue weighted by molar-refractivity contribution is 8.01. The van der Waals surface area contributed by atoms with E-state index >= 15 is 0 Å². The van der Waals surface area contributed by atoms with E-state index in [4.69, 9.17) is 0 Å². The first-order chi connectivity index (χ1) is 15.9. The normalized spacial score (nSPS) is 15.5. The van der Waals surface area contributed by atoms with Crippen molar-refractivity contribution < 1.29 is 32.6 Å². The third-order valence-corrected chi connectivity index (χ3v) is 7.57. The topological polar surface area (TPSA) is 78.9 Å². The van der Waals surface area contributed by atoms with Gasteiger partial charge in [-0.1, -0.05) is 6.07 Å². The van der Waals surface area contributed by atoms with Crippen LogP contribution >= 0.6 is 23.7 Å². The number of amides is 2. The van der Waals surface area contributed by atoms with E-state index in [9.17, 15) is 27.9 Å². The molecule has 6 nitrogen and oxygen atoms in total. The Morgan fingerprint density at radius 1 is 1.12 bits per heavy atom. The first-order valence-corrected chi connectivity index (χ1v) is 12.2. The molecule has 0 bridgehead atoms. The second kappa shape index (κ2) is 10.4. The third kappa shape index (κ3) is 6.99. The van der Waals surface area contributed by atoms with Gasteiger partial charge in [0.05, 0.1) is 0 Å². The van der Waals surface area contributed by atoms with Crippen LogP contribution in [0.2, 0.25) is 0 Å². The number of carbonyl (C=O) groups is 2. The van der Waals surface area contributed by atoms with Crippen LogP contribution in [0.5, 0.6) is 5.75 Å². The molecule has 0 fully saturated rings. The second-order valence-electron chi connectivity index (χ2n) is 8.18. The van der Waals surface area contributed by atoms with Gasteiger partial charge in [-0.3, -0.25) is 9.10 Å². The fourth-order valence-corrected chi connectivity index (χ4v) is 5.57. The number of carbonyl (C=O) groups excluding carboxylic acids is 1. The van der Waals surface area contributed by atoms with E-state index in [1.807, 2.05) is 25.1 Å². The minimum atomic E-state index is -4.77. The number of nitrogens with zero attached hydrogens (tertiary/aromatic N) is 1. The third-order valence-electron chi connectivity index (χ3n) is 5.09. The van der Waals surface area contributed by atoms with E-state index in [1.54, 1.807) is 18.2 Å². The van der Waals surface area contributed by atoms with Gasteiger partial charge < -0.3 is 15.2 Å². The van der Waals surface area contributed by atoms with Crippen LogP contribution in [-0.4, -0.2) is 44.3 Å². The first kappa shape index (κ1) is 26.1. The van der Waals surface area contributed by atoms with Crippen LogP contribution in [-0.2, 0) is 17.6 Å². The number of rotatable bonds is 8. The number of hydrogen-bond acceptors (Lipinski definition) is 5. The quantitative estimate of drug-likeness (QED) is 0.322. The number of aliphatic carboxylic acids is 1. The molecular weight excluding hydrogens is 489 g/mol. The van der Waals surface area contributed by atoms with Crippen molar-refractivity contribution in [3.05, 3.63) is 53.6 Å². The van der Waals surface area contributed by atoms with Crippen molar-refractivity contribution in [2.75, 3.05) is 11.9 Å². The van der Waals surface area contributed by atoms with Crippen LogP contribution in [0.3, 0.4) is 0 Å². The minimum absolute atomic E-state index is 0.135. The molecule has 2 aromatic rings. The minimum Gasteiger partial charge on any atom is -0.480 e. The number of ether oxygens (including phenoxy) is 1. The fraction of sp³-hybridized carbons (Fsp3) is 0.391. The summed E-state index contributed by atoms with van der Waals surface area (Å²) in [5.41, 5.74) is 2.67. The van der Waals surface area contributed by atoms with Gasteiger partial charge in [-0.15, -0.1) is 24.9 Å². The summed E-state index contributed by atoms with van der Waals surface area (Å²) in [5.74, 6) is -1.24. The lowest BCUT2D eigenvalue weighted by Crippen LogP contribution is -2.31. The summed E-state index contributed by atoms with van der Waals surface area (Å²) in [6.45, 7) is 5.62. The van der Waals surface area contributed by atoms with Crippen LogP contribution in [0.1, 0.15) is 31.9 Å². The first-order valence-electron chi connectivity index (χ1n) is 10.5. The molecule has 11 heteroatoms. The maximum absolute atomic E-state index is 12.7. The number of carboxylic acid groups (broad SMARTS) is 1. The Labute approximate surface area is 204 Å². The molecule has 0 saturated heterocycles. The van der Waals surface area contributed by atoms with Crippen LogP contribution < -0.4 is 10.1 Å². The standard InChI is InChI=1S/C23H25F3N2O4S2/c1-4-28(21(31)27-16-6-8-17(9-7-16)32-23(24,25)26)34-19-11-14-5-10-18(12-15(14)13-19)33-22(2,3)20(29)30/h5-10,12,19H,4,11,13H2,1-3H3,(H,27,31)(H,29,30). The lowest BCUT2D eigenvalue weighted by Gasteiger charge is -2.23. The Hall–Kier alpha value is -2.53. The maximum atomic E-state index is 12.7. The van der Waals surface area contributed by atoms with E-state index in [0.717, 1.165) is 35.4 Å². The molecule has 2 aromatic carbocycles. The van der Waals surface area contributed by atoms with Gasteiger partial charge in [0, 0.05) is 22.4 Å². The SMILES string of the molecule is CCN(SC1Cc2ccc(SC(C)(C)C(=O)O)cc2C1)C(=O)Nc1ccc(OC(F)(F)F)cc1. The number of benzene rings is 2. The predicted molar refractivity (Wildman–Crippen MR) is 127 cm³/mol. The molecular formula is C23H25F3N2O4S2. The van der Waals surface area contributed by atoms with Gasteiger partial charge in [-0.2, -0.15) is 0 Å². The summed E-state index contributed by atoms with van der Waals surface area (Å²) in [6.07, 6.45) is -3.25. The van der Waals surface area contributed by atoms with Gasteiger partial charge in [-0.25, -0.2) is 4.79 Å². The number of halogens is 3. The van der Waals surface area contributed by atoms with Gasteiger partial charge in [-0.05, 0) is 93.1 Å². The zero-order valence-electron chi connectivity index (χ0n) is 18.8. The molecule has 0 heterocycles. The van der Waals surface area contributed by atoms with Crippen molar-refractivity contribution in [2.24, 2.45) is 0 Å². The average Bonchev–Trinajstić information content (AvgIpc) is 3.13. The zero-order chi connectivity index (χ0) is 25.1. The highest BCUT2D eigenvalue weighted by atomic mass is 32.2. The summed E-state index contributed by atoms with van der Waals surface area (Å²) < 4.78 is 41.4. The van der Waals surface area contributed by atoms with Crippen LogP contribution in [0.25, 0.3) is 0 Å². The molecule has 1 aliphatic carbocycles. The monoisotopic (exact) mass is 514 g/mol. The fourth-order valence-electron chi connectivity index (χ4n) is 3.40. The van der Waals surface area contributed by atoms with Crippen molar-refractivity contribution in [2.45, 2.75) is 54.9 Å². The van der Waals surface area contributed by atoms with Crippen molar-refractivity contribution in [1.82, 2.24) is 4.31 Å². The van der Waals surface area contributed by atoms with Gasteiger partial charge in [0.25, 0.3) is 0 Å². The van der Waals surface area contributed by atoms with E-state index in [-0.39, 0.29) is 17.0 Å². The van der Waals surface area contributed by atoms with Crippen LogP contribution in [0.4, 0.5) is 23.7 Å². The number of carboxylic acids is 1. The Morgan fingerprint density at radius 3 is 2.35 bits per heavy atom. The molecule has 0 radical (unpaired) electrons. The lowest BCUT2D eigenvalue weighted by atomic mass is 10.1. The predicted octanol–water partition coefficient (Wildman–Crippen LogP) is 6.21. The molecule has 2 N–H and O–H groups in total. The number of urea groups is 1. The van der Waals surface area contributed by atoms with E-state index < -0.39 is 17.1 Å². The number of thioether (sulfide) groups is 1. The smallest absolute Gasteiger partial charge is 0.480 e. The number of hydrogen-bond donors (Lipinski definition) is 2. The van der Waals surface area contributed by atoms with E-state index in [0.29, 0.717) is 12.2 Å². The number of nitrogens with one attached hydrogen (secondary N) is 1. The summed E-state index contributed by atoms with van der Waals surface area (Å²) in [4.78, 5) is 25.0. The van der Waals surface area contributed by atoms with Gasteiger partial charge in [0.1, 0.15) is 10.5 Å². The number of fused-ring (bicyclic) bond motifs is 1. The number of alkyl halides is 3. The lowest BCUT2D eigenvalue weighted by molar-refractivity contribution is -0.274. The Bertz CT molecular complexity index is 1050. The molecule has 1 aliphatic rings. The molecule has 2 amide bonds. The Balaban J connectivity index is 1.58. The molecule has 0 spiro atoms. The highest BCUT2D eigenvalue weighted by Gasteiger charge is 2.32. The Morgan fingerprint density at radius 2 is 1.76 bits per heavy atom. The van der Waals surface area contributed by atoms with Gasteiger partial charge in [0.2, 0.25) is 0 Å².